The molecule has 1 saturated heterocycles. The molecule has 1 aliphatic heterocycles. The van der Waals surface area contributed by atoms with Crippen molar-refractivity contribution in [3.63, 3.8) is 0 Å². The van der Waals surface area contributed by atoms with Crippen LogP contribution in [0.5, 0.6) is 0 Å². The highest BCUT2D eigenvalue weighted by Crippen LogP contribution is 2.22. The minimum Gasteiger partial charge on any atom is -0.481 e. The number of carboxylic acids is 1. The molecule has 0 unspecified atom stereocenters. The van der Waals surface area contributed by atoms with Gasteiger partial charge in [0.2, 0.25) is 5.91 Å². The molecule has 1 N–H and O–H groups in total. The van der Waals surface area contributed by atoms with Gasteiger partial charge >= 0.3 is 5.97 Å². The average molecular weight is 293 g/mol. The molecule has 2 rings (SSSR count). The van der Waals surface area contributed by atoms with E-state index in [4.69, 9.17) is 5.11 Å². The number of carboxylic acid groups (broad SMARTS) is 1. The molecule has 0 bridgehead atoms. The van der Waals surface area contributed by atoms with Gasteiger partial charge < -0.3 is 10.0 Å². The van der Waals surface area contributed by atoms with Crippen molar-refractivity contribution < 1.29 is 19.1 Å². The summed E-state index contributed by atoms with van der Waals surface area (Å²) in [4.78, 5) is 24.9. The van der Waals surface area contributed by atoms with Crippen molar-refractivity contribution in [2.45, 2.75) is 44.6 Å². The normalized spacial score (nSPS) is 18.5. The molecule has 0 saturated carbocycles. The van der Waals surface area contributed by atoms with Crippen LogP contribution in [-0.4, -0.2) is 34.5 Å². The van der Waals surface area contributed by atoms with Crippen molar-refractivity contribution in [3.8, 4) is 0 Å². The first kappa shape index (κ1) is 15.5. The van der Waals surface area contributed by atoms with Gasteiger partial charge in [-0.05, 0) is 43.4 Å². The summed E-state index contributed by atoms with van der Waals surface area (Å²) in [6.07, 6.45) is 3.69. The Morgan fingerprint density at radius 2 is 1.95 bits per heavy atom. The molecule has 1 amide bonds. The number of nitrogens with zero attached hydrogens (tertiary/aromatic N) is 1. The fraction of sp³-hybridized carbons (Fsp3) is 0.500. The van der Waals surface area contributed by atoms with Crippen LogP contribution in [0.15, 0.2) is 24.3 Å². The number of benzene rings is 1. The molecule has 4 nitrogen and oxygen atoms in total. The highest BCUT2D eigenvalue weighted by atomic mass is 19.1. The first-order chi connectivity index (χ1) is 10.1. The van der Waals surface area contributed by atoms with E-state index in [0.29, 0.717) is 13.0 Å². The summed E-state index contributed by atoms with van der Waals surface area (Å²) in [6.45, 7) is 0.685. The van der Waals surface area contributed by atoms with E-state index in [1.165, 1.54) is 12.1 Å². The molecule has 1 atom stereocenters. The Morgan fingerprint density at radius 1 is 1.24 bits per heavy atom. The lowest BCUT2D eigenvalue weighted by atomic mass is 9.97. The van der Waals surface area contributed by atoms with E-state index >= 15 is 0 Å². The van der Waals surface area contributed by atoms with Gasteiger partial charge in [0.15, 0.2) is 0 Å². The number of amides is 1. The summed E-state index contributed by atoms with van der Waals surface area (Å²) in [6, 6.07) is 5.94. The highest BCUT2D eigenvalue weighted by Gasteiger charge is 2.26. The lowest BCUT2D eigenvalue weighted by molar-refractivity contribution is -0.139. The number of hydrogen-bond acceptors (Lipinski definition) is 2. The molecular weight excluding hydrogens is 273 g/mol. The van der Waals surface area contributed by atoms with Gasteiger partial charge in [0.25, 0.3) is 0 Å². The molecule has 1 aromatic rings. The Morgan fingerprint density at radius 3 is 2.62 bits per heavy atom. The van der Waals surface area contributed by atoms with Crippen LogP contribution >= 0.6 is 0 Å². The fourth-order valence-corrected chi connectivity index (χ4v) is 2.80. The van der Waals surface area contributed by atoms with Gasteiger partial charge in [-0.1, -0.05) is 12.1 Å². The molecule has 0 radical (unpaired) electrons. The quantitative estimate of drug-likeness (QED) is 0.908. The summed E-state index contributed by atoms with van der Waals surface area (Å²) in [5, 5.41) is 8.79. The minimum absolute atomic E-state index is 0.00306. The van der Waals surface area contributed by atoms with Gasteiger partial charge in [0.05, 0.1) is 6.42 Å². The minimum atomic E-state index is -0.827. The van der Waals surface area contributed by atoms with Crippen LogP contribution in [0.25, 0.3) is 0 Å². The highest BCUT2D eigenvalue weighted by molar-refractivity contribution is 5.79. The van der Waals surface area contributed by atoms with Crippen molar-refractivity contribution in [3.05, 3.63) is 35.6 Å². The third-order valence-electron chi connectivity index (χ3n) is 3.91. The first-order valence-corrected chi connectivity index (χ1v) is 7.32. The molecule has 1 heterocycles. The number of halogens is 1. The monoisotopic (exact) mass is 293 g/mol. The summed E-state index contributed by atoms with van der Waals surface area (Å²) in [7, 11) is 0. The van der Waals surface area contributed by atoms with E-state index in [1.807, 2.05) is 0 Å². The number of piperidine rings is 1. The van der Waals surface area contributed by atoms with E-state index in [0.717, 1.165) is 24.8 Å². The molecule has 114 valence electrons. The van der Waals surface area contributed by atoms with Crippen molar-refractivity contribution >= 4 is 11.9 Å². The van der Waals surface area contributed by atoms with Gasteiger partial charge in [0, 0.05) is 19.0 Å². The van der Waals surface area contributed by atoms with E-state index in [2.05, 4.69) is 0 Å². The van der Waals surface area contributed by atoms with E-state index < -0.39 is 5.97 Å². The third kappa shape index (κ3) is 4.55. The average Bonchev–Trinajstić information content (AvgIpc) is 2.47. The second-order valence-corrected chi connectivity index (χ2v) is 5.47. The fourth-order valence-electron chi connectivity index (χ4n) is 2.80. The zero-order valence-corrected chi connectivity index (χ0v) is 11.9. The zero-order chi connectivity index (χ0) is 15.2. The largest absolute Gasteiger partial charge is 0.481 e. The maximum Gasteiger partial charge on any atom is 0.303 e. The van der Waals surface area contributed by atoms with Crippen LogP contribution in [-0.2, 0) is 16.0 Å². The van der Waals surface area contributed by atoms with Crippen molar-refractivity contribution in [2.24, 2.45) is 0 Å². The van der Waals surface area contributed by atoms with Gasteiger partial charge in [-0.3, -0.25) is 9.59 Å². The number of aliphatic carboxylic acids is 1. The number of carbonyl (C=O) groups is 2. The lowest BCUT2D eigenvalue weighted by Crippen LogP contribution is -2.44. The summed E-state index contributed by atoms with van der Waals surface area (Å²) >= 11 is 0. The summed E-state index contributed by atoms with van der Waals surface area (Å²) < 4.78 is 12.9. The third-order valence-corrected chi connectivity index (χ3v) is 3.91. The number of likely N-dealkylation sites (tertiary alicyclic amines) is 1. The molecule has 1 aromatic carbocycles. The molecule has 0 spiro atoms. The Balaban J connectivity index is 1.97. The Bertz CT molecular complexity index is 501. The Hall–Kier alpha value is -1.91. The van der Waals surface area contributed by atoms with Crippen LogP contribution in [0.1, 0.15) is 37.7 Å². The van der Waals surface area contributed by atoms with Gasteiger partial charge in [0.1, 0.15) is 5.82 Å². The van der Waals surface area contributed by atoms with Crippen LogP contribution in [0.2, 0.25) is 0 Å². The smallest absolute Gasteiger partial charge is 0.303 e. The standard InChI is InChI=1S/C16H20FNO3/c17-13-6-4-12(5-7-13)11-15(19)18-10-2-1-3-14(18)8-9-16(20)21/h4-7,14H,1-3,8-11H2,(H,20,21)/t14-/m0/s1. The van der Waals surface area contributed by atoms with Gasteiger partial charge in [-0.2, -0.15) is 0 Å². The number of hydrogen-bond donors (Lipinski definition) is 1. The topological polar surface area (TPSA) is 57.6 Å². The first-order valence-electron chi connectivity index (χ1n) is 7.32. The zero-order valence-electron chi connectivity index (χ0n) is 11.9. The maximum atomic E-state index is 12.9. The van der Waals surface area contributed by atoms with Crippen LogP contribution < -0.4 is 0 Å². The van der Waals surface area contributed by atoms with E-state index in [1.54, 1.807) is 17.0 Å². The van der Waals surface area contributed by atoms with Crippen LogP contribution in [0.3, 0.4) is 0 Å². The SMILES string of the molecule is O=C(O)CC[C@@H]1CCCCN1C(=O)Cc1ccc(F)cc1. The van der Waals surface area contributed by atoms with E-state index in [-0.39, 0.29) is 30.6 Å². The molecule has 0 aliphatic carbocycles. The molecule has 1 aliphatic rings. The Labute approximate surface area is 123 Å². The van der Waals surface area contributed by atoms with Crippen molar-refractivity contribution in [1.29, 1.82) is 0 Å². The predicted octanol–water partition coefficient (Wildman–Crippen LogP) is 2.61. The number of carbonyl (C=O) groups excluding carboxylic acids is 1. The molecule has 1 fully saturated rings. The molecule has 21 heavy (non-hydrogen) atoms. The summed E-state index contributed by atoms with van der Waals surface area (Å²) in [5.74, 6) is -1.15. The Kier molecular flexibility index (Phi) is 5.31. The molecule has 0 aromatic heterocycles. The van der Waals surface area contributed by atoms with Gasteiger partial charge in [-0.25, -0.2) is 4.39 Å². The molecular formula is C16H20FNO3. The lowest BCUT2D eigenvalue weighted by Gasteiger charge is -2.35. The predicted molar refractivity (Wildman–Crippen MR) is 76.3 cm³/mol. The van der Waals surface area contributed by atoms with E-state index in [9.17, 15) is 14.0 Å². The molecule has 5 heteroatoms. The maximum absolute atomic E-state index is 12.9. The second kappa shape index (κ2) is 7.20. The van der Waals surface area contributed by atoms with Crippen LogP contribution in [0, 0.1) is 5.82 Å². The summed E-state index contributed by atoms with van der Waals surface area (Å²) in [5.41, 5.74) is 0.781. The van der Waals surface area contributed by atoms with Crippen molar-refractivity contribution in [2.75, 3.05) is 6.54 Å². The van der Waals surface area contributed by atoms with Crippen molar-refractivity contribution in [1.82, 2.24) is 4.90 Å². The van der Waals surface area contributed by atoms with Gasteiger partial charge in [-0.15, -0.1) is 0 Å². The second-order valence-electron chi connectivity index (χ2n) is 5.47. The van der Waals surface area contributed by atoms with Crippen LogP contribution in [0.4, 0.5) is 4.39 Å². The number of rotatable bonds is 5.